The summed E-state index contributed by atoms with van der Waals surface area (Å²) in [5, 5.41) is 12.6. The molecule has 2 aliphatic heterocycles. The Morgan fingerprint density at radius 3 is 2.93 bits per heavy atom. The quantitative estimate of drug-likeness (QED) is 0.512. The van der Waals surface area contributed by atoms with Gasteiger partial charge in [0.05, 0.1) is 30.1 Å². The number of rotatable bonds is 5. The number of fused-ring (bicyclic) bond motifs is 5. The fraction of sp³-hybridized carbons (Fsp3) is 0.417. The van der Waals surface area contributed by atoms with E-state index in [2.05, 4.69) is 13.0 Å². The van der Waals surface area contributed by atoms with Gasteiger partial charge in [-0.1, -0.05) is 38.5 Å². The molecule has 6 nitrogen and oxygen atoms in total. The van der Waals surface area contributed by atoms with E-state index in [1.54, 1.807) is 4.57 Å². The first-order valence-corrected chi connectivity index (χ1v) is 10.7. The Balaban J connectivity index is 1.64. The summed E-state index contributed by atoms with van der Waals surface area (Å²) in [4.78, 5) is 18.2. The Kier molecular flexibility index (Phi) is 4.73. The molecule has 0 spiro atoms. The molecule has 2 aliphatic rings. The van der Waals surface area contributed by atoms with Crippen molar-refractivity contribution in [1.29, 1.82) is 0 Å². The zero-order valence-electron chi connectivity index (χ0n) is 17.4. The molecule has 156 valence electrons. The highest BCUT2D eigenvalue weighted by Gasteiger charge is 2.45. The molecule has 0 bridgehead atoms. The highest BCUT2D eigenvalue weighted by Crippen LogP contribution is 2.41. The highest BCUT2D eigenvalue weighted by molar-refractivity contribution is 5.84. The number of hydrogen-bond donors (Lipinski definition) is 1. The van der Waals surface area contributed by atoms with E-state index in [1.807, 2.05) is 37.3 Å². The van der Waals surface area contributed by atoms with Crippen molar-refractivity contribution >= 4 is 10.9 Å². The monoisotopic (exact) mass is 406 g/mol. The van der Waals surface area contributed by atoms with Crippen LogP contribution in [0.2, 0.25) is 0 Å². The summed E-state index contributed by atoms with van der Waals surface area (Å²) in [6.07, 6.45) is 1.50. The van der Waals surface area contributed by atoms with Crippen molar-refractivity contribution in [2.75, 3.05) is 6.61 Å². The molecule has 5 rings (SSSR count). The van der Waals surface area contributed by atoms with Crippen LogP contribution < -0.4 is 5.56 Å². The lowest BCUT2D eigenvalue weighted by Crippen LogP contribution is -2.48. The number of unbranched alkanes of at least 4 members (excludes halogenated alkanes) is 1. The molecule has 0 saturated carbocycles. The van der Waals surface area contributed by atoms with Crippen LogP contribution in [0, 0.1) is 0 Å². The van der Waals surface area contributed by atoms with Crippen molar-refractivity contribution < 1.29 is 14.6 Å². The highest BCUT2D eigenvalue weighted by atomic mass is 16.7. The van der Waals surface area contributed by atoms with Crippen LogP contribution in [-0.4, -0.2) is 27.6 Å². The molecule has 0 aliphatic carbocycles. The summed E-state index contributed by atoms with van der Waals surface area (Å²) in [5.74, 6) is 0. The standard InChI is InChI=1S/C24H26N2O4/c1-3-5-10-29-23-24(28,4-2)18-12-20-21-16(11-15-8-6-7-9-19(15)25-21)13-26(20)22(27)17(18)14-30-23/h6-9,11-12,23,28H,3-5,10,13-14H2,1-2H3/t23-,24+/m1/s1. The second-order valence-corrected chi connectivity index (χ2v) is 8.15. The summed E-state index contributed by atoms with van der Waals surface area (Å²) in [7, 11) is 0. The van der Waals surface area contributed by atoms with Gasteiger partial charge in [0.25, 0.3) is 5.56 Å². The van der Waals surface area contributed by atoms with Crippen molar-refractivity contribution in [2.45, 2.75) is 58.2 Å². The number of hydrogen-bond acceptors (Lipinski definition) is 5. The zero-order valence-corrected chi connectivity index (χ0v) is 17.4. The lowest BCUT2D eigenvalue weighted by molar-refractivity contribution is -0.260. The van der Waals surface area contributed by atoms with Gasteiger partial charge in [0.1, 0.15) is 5.60 Å². The minimum absolute atomic E-state index is 0.122. The van der Waals surface area contributed by atoms with Crippen LogP contribution in [0.5, 0.6) is 0 Å². The van der Waals surface area contributed by atoms with Gasteiger partial charge < -0.3 is 19.1 Å². The molecule has 30 heavy (non-hydrogen) atoms. The van der Waals surface area contributed by atoms with Crippen LogP contribution in [-0.2, 0) is 28.2 Å². The molecule has 0 amide bonds. The molecule has 1 N–H and O–H groups in total. The average molecular weight is 406 g/mol. The van der Waals surface area contributed by atoms with E-state index in [-0.39, 0.29) is 12.2 Å². The van der Waals surface area contributed by atoms with Gasteiger partial charge in [-0.3, -0.25) is 4.79 Å². The predicted octanol–water partition coefficient (Wildman–Crippen LogP) is 3.70. The Labute approximate surface area is 175 Å². The van der Waals surface area contributed by atoms with Crippen LogP contribution in [0.25, 0.3) is 22.3 Å². The summed E-state index contributed by atoms with van der Waals surface area (Å²) < 4.78 is 13.5. The third-order valence-electron chi connectivity index (χ3n) is 6.32. The number of para-hydroxylation sites is 1. The summed E-state index contributed by atoms with van der Waals surface area (Å²) in [6, 6.07) is 12.0. The number of nitrogens with zero attached hydrogens (tertiary/aromatic N) is 2. The van der Waals surface area contributed by atoms with Crippen molar-refractivity contribution in [3.05, 3.63) is 63.4 Å². The molecule has 2 atom stereocenters. The van der Waals surface area contributed by atoms with E-state index < -0.39 is 11.9 Å². The zero-order chi connectivity index (χ0) is 20.9. The van der Waals surface area contributed by atoms with Crippen LogP contribution >= 0.6 is 0 Å². The third-order valence-corrected chi connectivity index (χ3v) is 6.32. The lowest BCUT2D eigenvalue weighted by atomic mass is 9.85. The van der Waals surface area contributed by atoms with E-state index in [0.29, 0.717) is 30.7 Å². The molecule has 3 aromatic rings. The Bertz CT molecular complexity index is 1190. The number of aromatic nitrogens is 2. The van der Waals surface area contributed by atoms with E-state index in [4.69, 9.17) is 14.5 Å². The van der Waals surface area contributed by atoms with E-state index in [0.717, 1.165) is 40.7 Å². The Morgan fingerprint density at radius 2 is 2.13 bits per heavy atom. The first-order chi connectivity index (χ1) is 14.6. The van der Waals surface area contributed by atoms with Crippen LogP contribution in [0.1, 0.15) is 49.8 Å². The molecule has 0 radical (unpaired) electrons. The maximum Gasteiger partial charge on any atom is 0.257 e. The SMILES string of the molecule is CCCCO[C@@H]1OCc2c(cc3n(c2=O)Cc2cc4ccccc4nc2-3)[C@@]1(O)CC. The minimum atomic E-state index is -1.37. The fourth-order valence-electron chi connectivity index (χ4n) is 4.54. The minimum Gasteiger partial charge on any atom is -0.380 e. The predicted molar refractivity (Wildman–Crippen MR) is 114 cm³/mol. The fourth-order valence-corrected chi connectivity index (χ4v) is 4.54. The van der Waals surface area contributed by atoms with Crippen molar-refractivity contribution in [3.63, 3.8) is 0 Å². The van der Waals surface area contributed by atoms with Gasteiger partial charge in [-0.2, -0.15) is 0 Å². The second kappa shape index (κ2) is 7.30. The van der Waals surface area contributed by atoms with E-state index >= 15 is 0 Å². The lowest BCUT2D eigenvalue weighted by Gasteiger charge is -2.40. The molecule has 4 heterocycles. The normalized spacial score (nSPS) is 22.0. The van der Waals surface area contributed by atoms with Crippen molar-refractivity contribution in [2.24, 2.45) is 0 Å². The number of pyridine rings is 2. The Morgan fingerprint density at radius 1 is 1.30 bits per heavy atom. The maximum atomic E-state index is 13.3. The summed E-state index contributed by atoms with van der Waals surface area (Å²) in [5.41, 5.74) is 3.10. The average Bonchev–Trinajstić information content (AvgIpc) is 3.12. The van der Waals surface area contributed by atoms with Gasteiger partial charge in [0.15, 0.2) is 6.29 Å². The molecule has 0 fully saturated rings. The number of aliphatic hydroxyl groups is 1. The van der Waals surface area contributed by atoms with Gasteiger partial charge in [0.2, 0.25) is 0 Å². The van der Waals surface area contributed by atoms with Crippen LogP contribution in [0.15, 0.2) is 41.2 Å². The largest absolute Gasteiger partial charge is 0.380 e. The van der Waals surface area contributed by atoms with Crippen molar-refractivity contribution in [3.8, 4) is 11.4 Å². The van der Waals surface area contributed by atoms with E-state index in [1.165, 1.54) is 0 Å². The smallest absolute Gasteiger partial charge is 0.257 e. The Hall–Kier alpha value is -2.54. The van der Waals surface area contributed by atoms with Crippen LogP contribution in [0.4, 0.5) is 0 Å². The van der Waals surface area contributed by atoms with Crippen LogP contribution in [0.3, 0.4) is 0 Å². The molecule has 2 aromatic heterocycles. The maximum absolute atomic E-state index is 13.3. The summed E-state index contributed by atoms with van der Waals surface area (Å²) in [6.45, 7) is 5.11. The molecular weight excluding hydrogens is 380 g/mol. The van der Waals surface area contributed by atoms with Gasteiger partial charge in [-0.05, 0) is 31.0 Å². The first-order valence-electron chi connectivity index (χ1n) is 10.7. The van der Waals surface area contributed by atoms with Gasteiger partial charge >= 0.3 is 0 Å². The van der Waals surface area contributed by atoms with Crippen molar-refractivity contribution in [1.82, 2.24) is 9.55 Å². The van der Waals surface area contributed by atoms with Gasteiger partial charge in [-0.25, -0.2) is 4.98 Å². The second-order valence-electron chi connectivity index (χ2n) is 8.15. The molecule has 0 unspecified atom stereocenters. The molecular formula is C24H26N2O4. The van der Waals surface area contributed by atoms with Gasteiger partial charge in [-0.15, -0.1) is 0 Å². The molecule has 0 saturated heterocycles. The first kappa shape index (κ1) is 19.4. The molecule has 6 heteroatoms. The van der Waals surface area contributed by atoms with Gasteiger partial charge in [0, 0.05) is 28.7 Å². The number of ether oxygens (including phenoxy) is 2. The summed E-state index contributed by atoms with van der Waals surface area (Å²) >= 11 is 0. The molecule has 1 aromatic carbocycles. The number of benzene rings is 1. The third kappa shape index (κ3) is 2.82. The topological polar surface area (TPSA) is 73.6 Å². The van der Waals surface area contributed by atoms with E-state index in [9.17, 15) is 9.90 Å².